The minimum absolute atomic E-state index is 0.00935. The maximum atomic E-state index is 6.10. The summed E-state index contributed by atoms with van der Waals surface area (Å²) in [5.41, 5.74) is 7.25. The Kier molecular flexibility index (Phi) is 4.44. The Morgan fingerprint density at radius 3 is 2.47 bits per heavy atom. The molecule has 0 aliphatic rings. The Labute approximate surface area is 117 Å². The van der Waals surface area contributed by atoms with Crippen molar-refractivity contribution in [1.82, 2.24) is 14.8 Å². The van der Waals surface area contributed by atoms with Gasteiger partial charge in [0.2, 0.25) is 0 Å². The summed E-state index contributed by atoms with van der Waals surface area (Å²) in [4.78, 5) is 0. The molecule has 2 N–H and O–H groups in total. The fraction of sp³-hybridized carbons (Fsp3) is 0.385. The van der Waals surface area contributed by atoms with Crippen LogP contribution in [0, 0.1) is 0 Å². The van der Waals surface area contributed by atoms with Gasteiger partial charge in [0.1, 0.15) is 12.1 Å². The van der Waals surface area contributed by atoms with E-state index >= 15 is 0 Å². The average molecular weight is 278 g/mol. The van der Waals surface area contributed by atoms with Crippen molar-refractivity contribution in [2.45, 2.75) is 23.4 Å². The van der Waals surface area contributed by atoms with Crippen LogP contribution in [0.3, 0.4) is 0 Å². The van der Waals surface area contributed by atoms with Gasteiger partial charge in [-0.1, -0.05) is 23.9 Å². The second-order valence-electron chi connectivity index (χ2n) is 4.40. The number of hydrogen-bond acceptors (Lipinski definition) is 5. The Morgan fingerprint density at radius 1 is 1.32 bits per heavy atom. The zero-order valence-electron chi connectivity index (χ0n) is 11.3. The molecule has 5 nitrogen and oxygen atoms in total. The van der Waals surface area contributed by atoms with Crippen molar-refractivity contribution < 1.29 is 4.74 Å². The van der Waals surface area contributed by atoms with E-state index in [1.807, 2.05) is 42.8 Å². The van der Waals surface area contributed by atoms with Crippen LogP contribution in [-0.4, -0.2) is 27.9 Å². The maximum absolute atomic E-state index is 6.10. The number of methoxy groups -OCH3 is 1. The number of thioether (sulfide) groups is 1. The van der Waals surface area contributed by atoms with Gasteiger partial charge in [0, 0.05) is 13.1 Å². The lowest BCUT2D eigenvalue weighted by Gasteiger charge is -2.20. The van der Waals surface area contributed by atoms with E-state index in [9.17, 15) is 0 Å². The summed E-state index contributed by atoms with van der Waals surface area (Å²) in [6.07, 6.45) is 1.69. The minimum Gasteiger partial charge on any atom is -0.497 e. The van der Waals surface area contributed by atoms with Gasteiger partial charge in [-0.25, -0.2) is 0 Å². The van der Waals surface area contributed by atoms with Crippen LogP contribution >= 0.6 is 11.8 Å². The summed E-state index contributed by atoms with van der Waals surface area (Å²) < 4.78 is 7.06. The standard InChI is InChI=1S/C13H18N4OS/c1-9(14)12(19-13-16-15-8-17(13)2)10-4-6-11(18-3)7-5-10/h4-9,12H,14H2,1-3H3. The first kappa shape index (κ1) is 13.9. The van der Waals surface area contributed by atoms with E-state index in [-0.39, 0.29) is 11.3 Å². The summed E-state index contributed by atoms with van der Waals surface area (Å²) in [5.74, 6) is 0.843. The Morgan fingerprint density at radius 2 is 2.00 bits per heavy atom. The van der Waals surface area contributed by atoms with E-state index in [1.54, 1.807) is 25.2 Å². The van der Waals surface area contributed by atoms with Crippen molar-refractivity contribution >= 4 is 11.8 Å². The van der Waals surface area contributed by atoms with Crippen LogP contribution < -0.4 is 10.5 Å². The second-order valence-corrected chi connectivity index (χ2v) is 5.50. The van der Waals surface area contributed by atoms with Gasteiger partial charge in [-0.15, -0.1) is 10.2 Å². The van der Waals surface area contributed by atoms with Gasteiger partial charge in [-0.05, 0) is 24.6 Å². The summed E-state index contributed by atoms with van der Waals surface area (Å²) in [6.45, 7) is 2.00. The Balaban J connectivity index is 2.22. The predicted octanol–water partition coefficient (Wildman–Crippen LogP) is 2.00. The smallest absolute Gasteiger partial charge is 0.191 e. The molecule has 2 atom stereocenters. The molecular weight excluding hydrogens is 260 g/mol. The number of hydrogen-bond donors (Lipinski definition) is 1. The second kappa shape index (κ2) is 6.08. The van der Waals surface area contributed by atoms with Crippen molar-refractivity contribution in [2.75, 3.05) is 7.11 Å². The summed E-state index contributed by atoms with van der Waals surface area (Å²) >= 11 is 1.62. The molecule has 6 heteroatoms. The van der Waals surface area contributed by atoms with Crippen LogP contribution in [0.2, 0.25) is 0 Å². The molecular formula is C13H18N4OS. The van der Waals surface area contributed by atoms with Crippen molar-refractivity contribution in [2.24, 2.45) is 12.8 Å². The molecule has 0 aliphatic carbocycles. The summed E-state index contributed by atoms with van der Waals surface area (Å²) in [6, 6.07) is 7.98. The molecule has 102 valence electrons. The minimum atomic E-state index is 0.00935. The van der Waals surface area contributed by atoms with Crippen LogP contribution in [0.15, 0.2) is 35.7 Å². The molecule has 1 aromatic heterocycles. The van der Waals surface area contributed by atoms with E-state index in [4.69, 9.17) is 10.5 Å². The Hall–Kier alpha value is -1.53. The molecule has 0 aliphatic heterocycles. The van der Waals surface area contributed by atoms with E-state index in [2.05, 4.69) is 10.2 Å². The third-order valence-corrected chi connectivity index (χ3v) is 4.36. The van der Waals surface area contributed by atoms with Crippen molar-refractivity contribution in [3.05, 3.63) is 36.2 Å². The molecule has 0 radical (unpaired) electrons. The number of ether oxygens (including phenoxy) is 1. The van der Waals surface area contributed by atoms with Gasteiger partial charge in [-0.2, -0.15) is 0 Å². The number of aryl methyl sites for hydroxylation is 1. The quantitative estimate of drug-likeness (QED) is 0.847. The van der Waals surface area contributed by atoms with Crippen molar-refractivity contribution in [3.63, 3.8) is 0 Å². The number of rotatable bonds is 5. The predicted molar refractivity (Wildman–Crippen MR) is 76.2 cm³/mol. The summed E-state index contributed by atoms with van der Waals surface area (Å²) in [5, 5.41) is 8.97. The molecule has 2 unspecified atom stereocenters. The summed E-state index contributed by atoms with van der Waals surface area (Å²) in [7, 11) is 3.58. The van der Waals surface area contributed by atoms with E-state index < -0.39 is 0 Å². The van der Waals surface area contributed by atoms with Crippen LogP contribution in [0.4, 0.5) is 0 Å². The highest BCUT2D eigenvalue weighted by atomic mass is 32.2. The molecule has 2 aromatic rings. The van der Waals surface area contributed by atoms with Crippen LogP contribution in [0.1, 0.15) is 17.7 Å². The number of nitrogens with zero attached hydrogens (tertiary/aromatic N) is 3. The first-order chi connectivity index (χ1) is 9.11. The molecule has 2 rings (SSSR count). The fourth-order valence-electron chi connectivity index (χ4n) is 1.77. The molecule has 1 heterocycles. The van der Waals surface area contributed by atoms with E-state index in [0.717, 1.165) is 16.5 Å². The van der Waals surface area contributed by atoms with Gasteiger partial charge < -0.3 is 15.0 Å². The van der Waals surface area contributed by atoms with Gasteiger partial charge in [-0.3, -0.25) is 0 Å². The van der Waals surface area contributed by atoms with Gasteiger partial charge in [0.05, 0.1) is 12.4 Å². The largest absolute Gasteiger partial charge is 0.497 e. The van der Waals surface area contributed by atoms with Crippen LogP contribution in [0.5, 0.6) is 5.75 Å². The average Bonchev–Trinajstić information content (AvgIpc) is 2.81. The van der Waals surface area contributed by atoms with Gasteiger partial charge in [0.15, 0.2) is 5.16 Å². The molecule has 1 aromatic carbocycles. The zero-order valence-corrected chi connectivity index (χ0v) is 12.1. The third-order valence-electron chi connectivity index (χ3n) is 2.82. The molecule has 0 saturated heterocycles. The molecule has 0 spiro atoms. The molecule has 0 fully saturated rings. The molecule has 0 saturated carbocycles. The Bertz CT molecular complexity index is 524. The van der Waals surface area contributed by atoms with Crippen molar-refractivity contribution in [1.29, 1.82) is 0 Å². The lowest BCUT2D eigenvalue weighted by atomic mass is 10.1. The highest BCUT2D eigenvalue weighted by Crippen LogP contribution is 2.36. The number of aromatic nitrogens is 3. The number of benzene rings is 1. The number of nitrogens with two attached hydrogens (primary N) is 1. The van der Waals surface area contributed by atoms with E-state index in [0.29, 0.717) is 0 Å². The zero-order chi connectivity index (χ0) is 13.8. The maximum Gasteiger partial charge on any atom is 0.191 e. The third kappa shape index (κ3) is 3.27. The normalized spacial score (nSPS) is 14.1. The molecule has 19 heavy (non-hydrogen) atoms. The van der Waals surface area contributed by atoms with E-state index in [1.165, 1.54) is 0 Å². The fourth-order valence-corrected chi connectivity index (χ4v) is 2.81. The van der Waals surface area contributed by atoms with Crippen molar-refractivity contribution in [3.8, 4) is 5.75 Å². The highest BCUT2D eigenvalue weighted by Gasteiger charge is 2.20. The molecule has 0 bridgehead atoms. The SMILES string of the molecule is COc1ccc(C(Sc2nncn2C)C(C)N)cc1. The molecule has 0 amide bonds. The van der Waals surface area contributed by atoms with Crippen LogP contribution in [-0.2, 0) is 7.05 Å². The first-order valence-corrected chi connectivity index (χ1v) is 6.90. The van der Waals surface area contributed by atoms with Gasteiger partial charge >= 0.3 is 0 Å². The monoisotopic (exact) mass is 278 g/mol. The van der Waals surface area contributed by atoms with Gasteiger partial charge in [0.25, 0.3) is 0 Å². The topological polar surface area (TPSA) is 66.0 Å². The highest BCUT2D eigenvalue weighted by molar-refractivity contribution is 7.99. The van der Waals surface area contributed by atoms with Crippen LogP contribution in [0.25, 0.3) is 0 Å². The lowest BCUT2D eigenvalue weighted by Crippen LogP contribution is -2.22. The first-order valence-electron chi connectivity index (χ1n) is 6.02. The lowest BCUT2D eigenvalue weighted by molar-refractivity contribution is 0.414.